The van der Waals surface area contributed by atoms with E-state index in [1.54, 1.807) is 24.3 Å². The summed E-state index contributed by atoms with van der Waals surface area (Å²) in [5.41, 5.74) is 4.77. The van der Waals surface area contributed by atoms with Gasteiger partial charge in [-0.3, -0.25) is 14.6 Å². The number of nitrogens with one attached hydrogen (secondary N) is 2. The number of rotatable bonds is 4. The molecule has 1 aromatic heterocycles. The zero-order valence-corrected chi connectivity index (χ0v) is 16.8. The molecule has 0 aliphatic heterocycles. The van der Waals surface area contributed by atoms with Crippen molar-refractivity contribution in [2.24, 2.45) is 0 Å². The molecular formula is C25H21N3O2. The van der Waals surface area contributed by atoms with E-state index in [0.717, 1.165) is 22.2 Å². The molecule has 4 rings (SSSR count). The second-order valence-corrected chi connectivity index (χ2v) is 7.08. The lowest BCUT2D eigenvalue weighted by atomic mass is 10.1. The summed E-state index contributed by atoms with van der Waals surface area (Å²) in [5, 5.41) is 6.70. The number of carbonyl (C=O) groups excluding carboxylic acids is 2. The molecule has 3 aromatic carbocycles. The van der Waals surface area contributed by atoms with Gasteiger partial charge in [0, 0.05) is 28.0 Å². The topological polar surface area (TPSA) is 71.1 Å². The number of carbonyl (C=O) groups is 2. The first-order valence-corrected chi connectivity index (χ1v) is 9.66. The molecule has 0 saturated carbocycles. The summed E-state index contributed by atoms with van der Waals surface area (Å²) in [5.74, 6) is -0.413. The van der Waals surface area contributed by atoms with Crippen LogP contribution < -0.4 is 10.6 Å². The van der Waals surface area contributed by atoms with Gasteiger partial charge >= 0.3 is 0 Å². The van der Waals surface area contributed by atoms with Gasteiger partial charge in [-0.2, -0.15) is 0 Å². The van der Waals surface area contributed by atoms with Crippen molar-refractivity contribution in [3.05, 3.63) is 101 Å². The van der Waals surface area contributed by atoms with Crippen LogP contribution in [0.3, 0.4) is 0 Å². The number of hydrogen-bond acceptors (Lipinski definition) is 3. The molecule has 5 heteroatoms. The lowest BCUT2D eigenvalue weighted by Crippen LogP contribution is -2.16. The molecule has 1 heterocycles. The quantitative estimate of drug-likeness (QED) is 0.489. The average molecular weight is 395 g/mol. The van der Waals surface area contributed by atoms with E-state index in [-0.39, 0.29) is 11.8 Å². The summed E-state index contributed by atoms with van der Waals surface area (Å²) >= 11 is 0. The molecular weight excluding hydrogens is 374 g/mol. The molecule has 2 amide bonds. The standard InChI is InChI=1S/C25H21N3O2/c1-16-15-20(19-11-6-7-12-23(19)26-16)25(30)28-22-14-8-13-21(17(22)2)27-24(29)18-9-4-3-5-10-18/h3-15H,1-2H3,(H,27,29)(H,28,30). The fourth-order valence-electron chi connectivity index (χ4n) is 3.38. The molecule has 0 aliphatic rings. The van der Waals surface area contributed by atoms with Crippen molar-refractivity contribution in [1.29, 1.82) is 0 Å². The van der Waals surface area contributed by atoms with Crippen LogP contribution in [0.5, 0.6) is 0 Å². The highest BCUT2D eigenvalue weighted by Crippen LogP contribution is 2.26. The van der Waals surface area contributed by atoms with E-state index < -0.39 is 0 Å². The van der Waals surface area contributed by atoms with Crippen LogP contribution >= 0.6 is 0 Å². The Morgan fingerprint density at radius 1 is 0.733 bits per heavy atom. The van der Waals surface area contributed by atoms with Crippen molar-refractivity contribution in [2.45, 2.75) is 13.8 Å². The molecule has 0 radical (unpaired) electrons. The van der Waals surface area contributed by atoms with Gasteiger partial charge < -0.3 is 10.6 Å². The molecule has 5 nitrogen and oxygen atoms in total. The lowest BCUT2D eigenvalue weighted by Gasteiger charge is -2.14. The Balaban J connectivity index is 1.61. The van der Waals surface area contributed by atoms with Crippen LogP contribution in [0.25, 0.3) is 10.9 Å². The smallest absolute Gasteiger partial charge is 0.256 e. The molecule has 30 heavy (non-hydrogen) atoms. The molecule has 2 N–H and O–H groups in total. The minimum Gasteiger partial charge on any atom is -0.322 e. The molecule has 148 valence electrons. The van der Waals surface area contributed by atoms with E-state index >= 15 is 0 Å². The summed E-state index contributed by atoms with van der Waals surface area (Å²) in [6.07, 6.45) is 0. The molecule has 0 fully saturated rings. The first-order valence-electron chi connectivity index (χ1n) is 9.66. The summed E-state index contributed by atoms with van der Waals surface area (Å²) in [4.78, 5) is 30.1. The normalized spacial score (nSPS) is 10.6. The van der Waals surface area contributed by atoms with Gasteiger partial charge in [-0.15, -0.1) is 0 Å². The molecule has 0 spiro atoms. The molecule has 4 aromatic rings. The largest absolute Gasteiger partial charge is 0.322 e. The van der Waals surface area contributed by atoms with Crippen LogP contribution in [0.2, 0.25) is 0 Å². The second-order valence-electron chi connectivity index (χ2n) is 7.08. The minimum absolute atomic E-state index is 0.196. The number of benzene rings is 3. The predicted octanol–water partition coefficient (Wildman–Crippen LogP) is 5.36. The lowest BCUT2D eigenvalue weighted by molar-refractivity contribution is 0.102. The third-order valence-corrected chi connectivity index (χ3v) is 4.96. The highest BCUT2D eigenvalue weighted by atomic mass is 16.2. The van der Waals surface area contributed by atoms with Crippen molar-refractivity contribution < 1.29 is 9.59 Å². The Bertz CT molecular complexity index is 1250. The Labute approximate surface area is 174 Å². The number of fused-ring (bicyclic) bond motifs is 1. The number of hydrogen-bond donors (Lipinski definition) is 2. The third kappa shape index (κ3) is 3.91. The highest BCUT2D eigenvalue weighted by Gasteiger charge is 2.15. The average Bonchev–Trinajstić information content (AvgIpc) is 2.76. The number of para-hydroxylation sites is 1. The fourth-order valence-corrected chi connectivity index (χ4v) is 3.38. The first kappa shape index (κ1) is 19.3. The number of nitrogens with zero attached hydrogens (tertiary/aromatic N) is 1. The van der Waals surface area contributed by atoms with Gasteiger partial charge in [-0.25, -0.2) is 0 Å². The van der Waals surface area contributed by atoms with Gasteiger partial charge in [-0.05, 0) is 55.8 Å². The molecule has 0 atom stereocenters. The van der Waals surface area contributed by atoms with E-state index in [9.17, 15) is 9.59 Å². The van der Waals surface area contributed by atoms with Gasteiger partial charge in [0.2, 0.25) is 0 Å². The summed E-state index contributed by atoms with van der Waals surface area (Å²) < 4.78 is 0. The zero-order chi connectivity index (χ0) is 21.1. The monoisotopic (exact) mass is 395 g/mol. The van der Waals surface area contributed by atoms with E-state index in [1.165, 1.54) is 0 Å². The summed E-state index contributed by atoms with van der Waals surface area (Å²) in [6, 6.07) is 23.8. The number of aromatic nitrogens is 1. The fraction of sp³-hybridized carbons (Fsp3) is 0.0800. The SMILES string of the molecule is Cc1cc(C(=O)Nc2cccc(NC(=O)c3ccccc3)c2C)c2ccccc2n1. The molecule has 0 bridgehead atoms. The van der Waals surface area contributed by atoms with E-state index in [0.29, 0.717) is 22.5 Å². The van der Waals surface area contributed by atoms with Crippen molar-refractivity contribution >= 4 is 34.1 Å². The first-order chi connectivity index (χ1) is 14.5. The Kier molecular flexibility index (Phi) is 5.26. The molecule has 0 saturated heterocycles. The second kappa shape index (κ2) is 8.17. The van der Waals surface area contributed by atoms with Crippen molar-refractivity contribution in [3.63, 3.8) is 0 Å². The Morgan fingerprint density at radius 2 is 1.37 bits per heavy atom. The van der Waals surface area contributed by atoms with Crippen LogP contribution in [0.1, 0.15) is 32.0 Å². The summed E-state index contributed by atoms with van der Waals surface area (Å²) in [7, 11) is 0. The molecule has 0 aliphatic carbocycles. The Hall–Kier alpha value is -3.99. The molecule has 0 unspecified atom stereocenters. The number of pyridine rings is 1. The number of aryl methyl sites for hydroxylation is 1. The van der Waals surface area contributed by atoms with Crippen LogP contribution in [0.15, 0.2) is 78.9 Å². The third-order valence-electron chi connectivity index (χ3n) is 4.96. The van der Waals surface area contributed by atoms with Crippen LogP contribution in [0, 0.1) is 13.8 Å². The minimum atomic E-state index is -0.216. The van der Waals surface area contributed by atoms with Crippen molar-refractivity contribution in [2.75, 3.05) is 10.6 Å². The Morgan fingerprint density at radius 3 is 2.10 bits per heavy atom. The van der Waals surface area contributed by atoms with Crippen LogP contribution in [-0.2, 0) is 0 Å². The van der Waals surface area contributed by atoms with Crippen LogP contribution in [0.4, 0.5) is 11.4 Å². The maximum absolute atomic E-state index is 13.1. The van der Waals surface area contributed by atoms with Crippen molar-refractivity contribution in [3.8, 4) is 0 Å². The van der Waals surface area contributed by atoms with Crippen LogP contribution in [-0.4, -0.2) is 16.8 Å². The predicted molar refractivity (Wildman–Crippen MR) is 120 cm³/mol. The number of amides is 2. The zero-order valence-electron chi connectivity index (χ0n) is 16.8. The highest BCUT2D eigenvalue weighted by molar-refractivity contribution is 6.13. The van der Waals surface area contributed by atoms with Gasteiger partial charge in [0.15, 0.2) is 0 Å². The van der Waals surface area contributed by atoms with E-state index in [4.69, 9.17) is 0 Å². The number of anilines is 2. The maximum atomic E-state index is 13.1. The van der Waals surface area contributed by atoms with Crippen molar-refractivity contribution in [1.82, 2.24) is 4.98 Å². The van der Waals surface area contributed by atoms with Gasteiger partial charge in [0.25, 0.3) is 11.8 Å². The summed E-state index contributed by atoms with van der Waals surface area (Å²) in [6.45, 7) is 3.74. The van der Waals surface area contributed by atoms with Gasteiger partial charge in [-0.1, -0.05) is 42.5 Å². The van der Waals surface area contributed by atoms with E-state index in [2.05, 4.69) is 15.6 Å². The van der Waals surface area contributed by atoms with Gasteiger partial charge in [0.1, 0.15) is 0 Å². The van der Waals surface area contributed by atoms with Gasteiger partial charge in [0.05, 0.1) is 11.1 Å². The van der Waals surface area contributed by atoms with E-state index in [1.807, 2.05) is 68.4 Å². The maximum Gasteiger partial charge on any atom is 0.256 e.